The summed E-state index contributed by atoms with van der Waals surface area (Å²) < 4.78 is 10.8. The van der Waals surface area contributed by atoms with Crippen LogP contribution in [0.3, 0.4) is 0 Å². The summed E-state index contributed by atoms with van der Waals surface area (Å²) in [4.78, 5) is 35.8. The fourth-order valence-electron chi connectivity index (χ4n) is 2.47. The maximum Gasteiger partial charge on any atom is 0.342 e. The summed E-state index contributed by atoms with van der Waals surface area (Å²) in [6, 6.07) is 15.2. The molecule has 0 spiro atoms. The highest BCUT2D eigenvalue weighted by atomic mass is 35.5. The number of nitrogens with two attached hydrogens (primary N) is 1. The van der Waals surface area contributed by atoms with Crippen molar-refractivity contribution >= 4 is 45.7 Å². The van der Waals surface area contributed by atoms with Crippen LogP contribution < -0.4 is 15.8 Å². The lowest BCUT2D eigenvalue weighted by atomic mass is 10.2. The molecule has 30 heavy (non-hydrogen) atoms. The molecule has 0 aliphatic carbocycles. The normalized spacial score (nSPS) is 10.3. The number of para-hydroxylation sites is 1. The van der Waals surface area contributed by atoms with E-state index in [2.05, 4.69) is 5.32 Å². The number of halogens is 1. The molecule has 3 N–H and O–H groups in total. The van der Waals surface area contributed by atoms with Gasteiger partial charge in [0.1, 0.15) is 22.9 Å². The number of carbonyl (C=O) groups excluding carboxylic acids is 3. The van der Waals surface area contributed by atoms with Gasteiger partial charge in [0.05, 0.1) is 5.56 Å². The van der Waals surface area contributed by atoms with Gasteiger partial charge in [0.2, 0.25) is 0 Å². The molecule has 154 valence electrons. The zero-order valence-corrected chi connectivity index (χ0v) is 17.2. The molecule has 0 aliphatic rings. The number of anilines is 1. The number of amides is 2. The molecule has 0 saturated carbocycles. The lowest BCUT2D eigenvalue weighted by Gasteiger charge is -2.11. The molecular weight excluding hydrogens is 428 g/mol. The zero-order chi connectivity index (χ0) is 21.5. The molecule has 0 radical (unpaired) electrons. The molecule has 2 aromatic carbocycles. The maximum absolute atomic E-state index is 12.4. The van der Waals surface area contributed by atoms with Crippen LogP contribution in [0.1, 0.15) is 26.3 Å². The molecule has 1 aromatic heterocycles. The van der Waals surface area contributed by atoms with Crippen LogP contribution in [0.2, 0.25) is 5.02 Å². The Morgan fingerprint density at radius 1 is 1.00 bits per heavy atom. The van der Waals surface area contributed by atoms with Crippen LogP contribution >= 0.6 is 22.9 Å². The van der Waals surface area contributed by atoms with Crippen LogP contribution in [0.5, 0.6) is 5.75 Å². The van der Waals surface area contributed by atoms with Crippen molar-refractivity contribution in [1.82, 2.24) is 0 Å². The van der Waals surface area contributed by atoms with Gasteiger partial charge in [0.25, 0.3) is 11.8 Å². The van der Waals surface area contributed by atoms with Gasteiger partial charge in [-0.1, -0.05) is 35.9 Å². The molecule has 1 heterocycles. The standard InChI is InChI=1S/C21H17ClN2O5S/c22-14-7-5-13(6-8-14)11-28-17-4-2-1-3-15(17)21(27)29-12-18(25)24-20-16(19(23)26)9-10-30-20/h1-10H,11-12H2,(H2,23,26)(H,24,25). The third kappa shape index (κ3) is 5.59. The van der Waals surface area contributed by atoms with Gasteiger partial charge in [0.15, 0.2) is 6.61 Å². The van der Waals surface area contributed by atoms with E-state index in [-0.39, 0.29) is 17.7 Å². The second-order valence-corrected chi connectivity index (χ2v) is 7.42. The van der Waals surface area contributed by atoms with Gasteiger partial charge in [-0.15, -0.1) is 11.3 Å². The van der Waals surface area contributed by atoms with E-state index in [0.717, 1.165) is 16.9 Å². The predicted octanol–water partition coefficient (Wildman–Crippen LogP) is 3.87. The van der Waals surface area contributed by atoms with E-state index in [4.69, 9.17) is 26.8 Å². The number of ether oxygens (including phenoxy) is 2. The number of hydrogen-bond donors (Lipinski definition) is 2. The SMILES string of the molecule is NC(=O)c1ccsc1NC(=O)COC(=O)c1ccccc1OCc1ccc(Cl)cc1. The van der Waals surface area contributed by atoms with Gasteiger partial charge in [-0.3, -0.25) is 9.59 Å². The molecule has 0 saturated heterocycles. The number of benzene rings is 2. The molecule has 0 bridgehead atoms. The fourth-order valence-corrected chi connectivity index (χ4v) is 3.41. The summed E-state index contributed by atoms with van der Waals surface area (Å²) >= 11 is 7.01. The number of esters is 1. The molecular formula is C21H17ClN2O5S. The van der Waals surface area contributed by atoms with E-state index in [9.17, 15) is 14.4 Å². The minimum absolute atomic E-state index is 0.188. The lowest BCUT2D eigenvalue weighted by molar-refractivity contribution is -0.119. The molecule has 2 amide bonds. The Morgan fingerprint density at radius 3 is 2.47 bits per heavy atom. The minimum atomic E-state index is -0.710. The molecule has 3 aromatic rings. The number of nitrogens with one attached hydrogen (secondary N) is 1. The van der Waals surface area contributed by atoms with Gasteiger partial charge >= 0.3 is 5.97 Å². The second kappa shape index (κ2) is 9.91. The highest BCUT2D eigenvalue weighted by Gasteiger charge is 2.17. The summed E-state index contributed by atoms with van der Waals surface area (Å²) in [7, 11) is 0. The Bertz CT molecular complexity index is 1070. The van der Waals surface area contributed by atoms with Gasteiger partial charge in [-0.05, 0) is 41.3 Å². The summed E-state index contributed by atoms with van der Waals surface area (Å²) in [5, 5.41) is 5.04. The van der Waals surface area contributed by atoms with Crippen molar-refractivity contribution in [3.8, 4) is 5.75 Å². The Labute approximate surface area is 181 Å². The maximum atomic E-state index is 12.4. The molecule has 0 aliphatic heterocycles. The Kier molecular flexibility index (Phi) is 7.05. The average Bonchev–Trinajstić information content (AvgIpc) is 3.20. The van der Waals surface area contributed by atoms with E-state index in [1.54, 1.807) is 41.8 Å². The fraction of sp³-hybridized carbons (Fsp3) is 0.0952. The molecule has 3 rings (SSSR count). The molecule has 7 nitrogen and oxygen atoms in total. The smallest absolute Gasteiger partial charge is 0.342 e. The van der Waals surface area contributed by atoms with E-state index in [0.29, 0.717) is 15.8 Å². The second-order valence-electron chi connectivity index (χ2n) is 6.06. The van der Waals surface area contributed by atoms with E-state index in [1.165, 1.54) is 6.07 Å². The van der Waals surface area contributed by atoms with Crippen molar-refractivity contribution in [2.75, 3.05) is 11.9 Å². The Morgan fingerprint density at radius 2 is 1.73 bits per heavy atom. The van der Waals surface area contributed by atoms with Crippen LogP contribution in [0.25, 0.3) is 0 Å². The summed E-state index contributed by atoms with van der Waals surface area (Å²) in [6.45, 7) is -0.295. The van der Waals surface area contributed by atoms with Gasteiger partial charge < -0.3 is 20.5 Å². The summed E-state index contributed by atoms with van der Waals surface area (Å²) in [5.74, 6) is -1.63. The molecule has 0 unspecified atom stereocenters. The Hall–Kier alpha value is -3.36. The van der Waals surface area contributed by atoms with Crippen LogP contribution in [0.4, 0.5) is 5.00 Å². The van der Waals surface area contributed by atoms with Crippen LogP contribution in [0, 0.1) is 0 Å². The quantitative estimate of drug-likeness (QED) is 0.513. The van der Waals surface area contributed by atoms with Gasteiger partial charge in [-0.2, -0.15) is 0 Å². The van der Waals surface area contributed by atoms with E-state index >= 15 is 0 Å². The minimum Gasteiger partial charge on any atom is -0.488 e. The molecule has 9 heteroatoms. The predicted molar refractivity (Wildman–Crippen MR) is 114 cm³/mol. The number of carbonyl (C=O) groups is 3. The molecule has 0 atom stereocenters. The van der Waals surface area contributed by atoms with Crippen molar-refractivity contribution < 1.29 is 23.9 Å². The number of hydrogen-bond acceptors (Lipinski definition) is 6. The van der Waals surface area contributed by atoms with Crippen molar-refractivity contribution in [3.63, 3.8) is 0 Å². The number of rotatable bonds is 8. The third-order valence-corrected chi connectivity index (χ3v) is 5.01. The summed E-state index contributed by atoms with van der Waals surface area (Å²) in [6.07, 6.45) is 0. The lowest BCUT2D eigenvalue weighted by Crippen LogP contribution is -2.22. The first-order chi connectivity index (χ1) is 14.4. The van der Waals surface area contributed by atoms with Crippen molar-refractivity contribution in [2.24, 2.45) is 5.73 Å². The van der Waals surface area contributed by atoms with E-state index < -0.39 is 24.4 Å². The van der Waals surface area contributed by atoms with Crippen LogP contribution in [-0.4, -0.2) is 24.4 Å². The van der Waals surface area contributed by atoms with Crippen molar-refractivity contribution in [1.29, 1.82) is 0 Å². The van der Waals surface area contributed by atoms with Crippen molar-refractivity contribution in [3.05, 3.63) is 81.7 Å². The highest BCUT2D eigenvalue weighted by Crippen LogP contribution is 2.23. The Balaban J connectivity index is 1.58. The first kappa shape index (κ1) is 21.4. The van der Waals surface area contributed by atoms with Gasteiger partial charge in [0, 0.05) is 5.02 Å². The monoisotopic (exact) mass is 444 g/mol. The first-order valence-corrected chi connectivity index (χ1v) is 10.0. The van der Waals surface area contributed by atoms with Crippen LogP contribution in [0.15, 0.2) is 60.0 Å². The molecule has 0 fully saturated rings. The topological polar surface area (TPSA) is 108 Å². The largest absolute Gasteiger partial charge is 0.488 e. The van der Waals surface area contributed by atoms with Gasteiger partial charge in [-0.25, -0.2) is 4.79 Å². The van der Waals surface area contributed by atoms with Crippen LogP contribution in [-0.2, 0) is 16.1 Å². The summed E-state index contributed by atoms with van der Waals surface area (Å²) in [5.41, 5.74) is 6.50. The highest BCUT2D eigenvalue weighted by molar-refractivity contribution is 7.14. The van der Waals surface area contributed by atoms with Crippen molar-refractivity contribution in [2.45, 2.75) is 6.61 Å². The number of primary amides is 1. The third-order valence-electron chi connectivity index (χ3n) is 3.93. The number of thiophene rings is 1. The van der Waals surface area contributed by atoms with E-state index in [1.807, 2.05) is 12.1 Å². The first-order valence-electron chi connectivity index (χ1n) is 8.74. The zero-order valence-electron chi connectivity index (χ0n) is 15.6. The average molecular weight is 445 g/mol.